The molecule has 0 aliphatic heterocycles. The summed E-state index contributed by atoms with van der Waals surface area (Å²) in [7, 11) is 1.52. The molecule has 1 aromatic carbocycles. The van der Waals surface area contributed by atoms with Crippen molar-refractivity contribution in [3.63, 3.8) is 0 Å². The Morgan fingerprint density at radius 2 is 2.21 bits per heavy atom. The number of aldehydes is 1. The minimum Gasteiger partial charge on any atom is -0.496 e. The zero-order valence-electron chi connectivity index (χ0n) is 7.88. The van der Waals surface area contributed by atoms with Crippen molar-refractivity contribution in [3.05, 3.63) is 28.2 Å². The Hall–Kier alpha value is -0.900. The van der Waals surface area contributed by atoms with Gasteiger partial charge in [0.15, 0.2) is 12.0 Å². The van der Waals surface area contributed by atoms with Gasteiger partial charge in [0.05, 0.1) is 11.6 Å². The van der Waals surface area contributed by atoms with Crippen molar-refractivity contribution in [1.82, 2.24) is 0 Å². The zero-order chi connectivity index (χ0) is 10.8. The number of carbonyl (C=O) groups is 1. The fraction of sp³-hybridized carbons (Fsp3) is 0.300. The smallest absolute Gasteiger partial charge is 0.188 e. The van der Waals surface area contributed by atoms with E-state index in [1.807, 2.05) is 0 Å². The third-order valence-electron chi connectivity index (χ3n) is 1.94. The van der Waals surface area contributed by atoms with Crippen LogP contribution in [0.15, 0.2) is 22.7 Å². The van der Waals surface area contributed by atoms with Crippen LogP contribution < -0.4 is 4.74 Å². The number of hydrogen-bond acceptors (Lipinski definition) is 2. The summed E-state index contributed by atoms with van der Waals surface area (Å²) in [6.45, 7) is 1.22. The predicted molar refractivity (Wildman–Crippen MR) is 55.2 cm³/mol. The van der Waals surface area contributed by atoms with E-state index in [1.165, 1.54) is 26.2 Å². The molecule has 1 unspecified atom stereocenters. The summed E-state index contributed by atoms with van der Waals surface area (Å²) < 4.78 is 19.2. The largest absolute Gasteiger partial charge is 0.496 e. The highest BCUT2D eigenvalue weighted by atomic mass is 79.9. The van der Waals surface area contributed by atoms with Crippen molar-refractivity contribution in [2.45, 2.75) is 12.6 Å². The molecule has 0 aromatic heterocycles. The second-order valence-corrected chi connectivity index (χ2v) is 3.90. The molecule has 1 rings (SSSR count). The van der Waals surface area contributed by atoms with Crippen LogP contribution in [0.3, 0.4) is 0 Å². The Balaban J connectivity index is 3.15. The third kappa shape index (κ3) is 2.12. The van der Waals surface area contributed by atoms with Crippen LogP contribution >= 0.6 is 15.9 Å². The first kappa shape index (κ1) is 11.2. The lowest BCUT2D eigenvalue weighted by Gasteiger charge is -2.14. The SMILES string of the molecule is COc1ccc(C(C)(F)C=O)cc1Br. The van der Waals surface area contributed by atoms with Crippen LogP contribution in [0.5, 0.6) is 5.75 Å². The van der Waals surface area contributed by atoms with E-state index in [1.54, 1.807) is 6.07 Å². The van der Waals surface area contributed by atoms with Gasteiger partial charge in [0.25, 0.3) is 0 Å². The summed E-state index contributed by atoms with van der Waals surface area (Å²) in [6.07, 6.45) is 0.279. The molecule has 0 amide bonds. The van der Waals surface area contributed by atoms with Gasteiger partial charge < -0.3 is 4.74 Å². The molecular formula is C10H10BrFO2. The average Bonchev–Trinajstić information content (AvgIpc) is 2.17. The quantitative estimate of drug-likeness (QED) is 0.782. The number of alkyl halides is 1. The lowest BCUT2D eigenvalue weighted by atomic mass is 10.00. The first-order chi connectivity index (χ1) is 6.51. The molecule has 14 heavy (non-hydrogen) atoms. The summed E-state index contributed by atoms with van der Waals surface area (Å²) >= 11 is 3.22. The number of carbonyl (C=O) groups excluding carboxylic acids is 1. The van der Waals surface area contributed by atoms with Crippen LogP contribution in [0, 0.1) is 0 Å². The summed E-state index contributed by atoms with van der Waals surface area (Å²) in [4.78, 5) is 10.5. The lowest BCUT2D eigenvalue weighted by molar-refractivity contribution is -0.117. The molecule has 0 fully saturated rings. The highest BCUT2D eigenvalue weighted by molar-refractivity contribution is 9.10. The van der Waals surface area contributed by atoms with Crippen LogP contribution in [-0.2, 0) is 10.5 Å². The molecule has 0 aliphatic carbocycles. The standard InChI is InChI=1S/C10H10BrFO2/c1-10(12,6-13)7-3-4-9(14-2)8(11)5-7/h3-6H,1-2H3. The monoisotopic (exact) mass is 260 g/mol. The number of ether oxygens (including phenoxy) is 1. The number of hydrogen-bond donors (Lipinski definition) is 0. The first-order valence-electron chi connectivity index (χ1n) is 4.00. The maximum absolute atomic E-state index is 13.5. The third-order valence-corrected chi connectivity index (χ3v) is 2.56. The topological polar surface area (TPSA) is 26.3 Å². The Kier molecular flexibility index (Phi) is 3.26. The van der Waals surface area contributed by atoms with E-state index in [4.69, 9.17) is 4.74 Å². The van der Waals surface area contributed by atoms with E-state index < -0.39 is 5.67 Å². The number of benzene rings is 1. The molecule has 0 spiro atoms. The molecule has 76 valence electrons. The Morgan fingerprint density at radius 1 is 1.57 bits per heavy atom. The zero-order valence-corrected chi connectivity index (χ0v) is 9.47. The fourth-order valence-electron chi connectivity index (χ4n) is 1.04. The predicted octanol–water partition coefficient (Wildman–Crippen LogP) is 2.84. The van der Waals surface area contributed by atoms with Gasteiger partial charge in [-0.05, 0) is 40.5 Å². The Labute approximate surface area is 90.2 Å². The molecule has 4 heteroatoms. The lowest BCUT2D eigenvalue weighted by Crippen LogP contribution is -2.16. The minimum atomic E-state index is -1.95. The maximum atomic E-state index is 13.5. The van der Waals surface area contributed by atoms with Crippen molar-refractivity contribution in [2.24, 2.45) is 0 Å². The average molecular weight is 261 g/mol. The summed E-state index contributed by atoms with van der Waals surface area (Å²) in [5, 5.41) is 0. The molecule has 0 heterocycles. The van der Waals surface area contributed by atoms with E-state index in [9.17, 15) is 9.18 Å². The van der Waals surface area contributed by atoms with Crippen LogP contribution in [0.2, 0.25) is 0 Å². The van der Waals surface area contributed by atoms with Crippen LogP contribution in [0.1, 0.15) is 12.5 Å². The molecule has 2 nitrogen and oxygen atoms in total. The van der Waals surface area contributed by atoms with Crippen molar-refractivity contribution < 1.29 is 13.9 Å². The molecular weight excluding hydrogens is 251 g/mol. The number of rotatable bonds is 3. The first-order valence-corrected chi connectivity index (χ1v) is 4.80. The van der Waals surface area contributed by atoms with Gasteiger partial charge in [0.2, 0.25) is 0 Å². The second kappa shape index (κ2) is 4.09. The summed E-state index contributed by atoms with van der Waals surface area (Å²) in [5.41, 5.74) is -1.64. The molecule has 1 aromatic rings. The Morgan fingerprint density at radius 3 is 2.64 bits per heavy atom. The van der Waals surface area contributed by atoms with Gasteiger partial charge in [0.1, 0.15) is 5.75 Å². The van der Waals surface area contributed by atoms with E-state index >= 15 is 0 Å². The molecule has 0 aliphatic rings. The number of methoxy groups -OCH3 is 1. The normalized spacial score (nSPS) is 14.6. The van der Waals surface area contributed by atoms with Gasteiger partial charge >= 0.3 is 0 Å². The van der Waals surface area contributed by atoms with Gasteiger partial charge in [-0.2, -0.15) is 0 Å². The fourth-order valence-corrected chi connectivity index (χ4v) is 1.58. The highest BCUT2D eigenvalue weighted by Gasteiger charge is 2.25. The summed E-state index contributed by atoms with van der Waals surface area (Å²) in [6, 6.07) is 4.67. The van der Waals surface area contributed by atoms with E-state index in [0.29, 0.717) is 15.8 Å². The number of halogens is 2. The van der Waals surface area contributed by atoms with Gasteiger partial charge in [-0.25, -0.2) is 4.39 Å². The van der Waals surface area contributed by atoms with E-state index in [0.717, 1.165) is 0 Å². The molecule has 0 saturated carbocycles. The van der Waals surface area contributed by atoms with E-state index in [-0.39, 0.29) is 6.29 Å². The molecule has 1 atom stereocenters. The van der Waals surface area contributed by atoms with Crippen molar-refractivity contribution >= 4 is 22.2 Å². The van der Waals surface area contributed by atoms with Gasteiger partial charge in [-0.1, -0.05) is 6.07 Å². The van der Waals surface area contributed by atoms with Gasteiger partial charge in [-0.15, -0.1) is 0 Å². The van der Waals surface area contributed by atoms with Gasteiger partial charge in [0, 0.05) is 0 Å². The minimum absolute atomic E-state index is 0.279. The van der Waals surface area contributed by atoms with Gasteiger partial charge in [-0.3, -0.25) is 4.79 Å². The highest BCUT2D eigenvalue weighted by Crippen LogP contribution is 2.31. The molecule has 0 bridgehead atoms. The van der Waals surface area contributed by atoms with Crippen molar-refractivity contribution in [1.29, 1.82) is 0 Å². The second-order valence-electron chi connectivity index (χ2n) is 3.04. The van der Waals surface area contributed by atoms with Crippen LogP contribution in [0.25, 0.3) is 0 Å². The molecule has 0 radical (unpaired) electrons. The maximum Gasteiger partial charge on any atom is 0.188 e. The van der Waals surface area contributed by atoms with Crippen LogP contribution in [-0.4, -0.2) is 13.4 Å². The summed E-state index contributed by atoms with van der Waals surface area (Å²) in [5.74, 6) is 0.607. The van der Waals surface area contributed by atoms with Crippen LogP contribution in [0.4, 0.5) is 4.39 Å². The van der Waals surface area contributed by atoms with Crippen molar-refractivity contribution in [2.75, 3.05) is 7.11 Å². The molecule has 0 saturated heterocycles. The van der Waals surface area contributed by atoms with Crippen molar-refractivity contribution in [3.8, 4) is 5.75 Å². The Bertz CT molecular complexity index is 350. The molecule has 0 N–H and O–H groups in total. The van der Waals surface area contributed by atoms with E-state index in [2.05, 4.69) is 15.9 Å².